The molecule has 1 aliphatic rings. The lowest BCUT2D eigenvalue weighted by atomic mass is 10.0. The van der Waals surface area contributed by atoms with Gasteiger partial charge < -0.3 is 20.6 Å². The molecule has 0 bridgehead atoms. The average molecular weight is 327 g/mol. The summed E-state index contributed by atoms with van der Waals surface area (Å²) >= 11 is 0. The van der Waals surface area contributed by atoms with Crippen LogP contribution in [0.1, 0.15) is 0 Å². The quantitative estimate of drug-likeness (QED) is 0.838. The number of benzene rings is 2. The molecule has 1 fully saturated rings. The van der Waals surface area contributed by atoms with Crippen LogP contribution in [-0.4, -0.2) is 55.7 Å². The van der Waals surface area contributed by atoms with Crippen molar-refractivity contribution in [1.82, 2.24) is 4.90 Å². The number of phenols is 1. The topological polar surface area (TPSA) is 94.5 Å². The van der Waals surface area contributed by atoms with Gasteiger partial charge >= 0.3 is 0 Å². The molecule has 0 saturated carbocycles. The molecule has 7 heteroatoms. The number of phenolic OH excluding ortho intramolecular Hbond substituents is 1. The molecule has 1 amide bonds. The van der Waals surface area contributed by atoms with E-state index in [0.29, 0.717) is 5.69 Å². The summed E-state index contributed by atoms with van der Waals surface area (Å²) in [6.07, 6.45) is 0. The molecule has 1 heterocycles. The maximum atomic E-state index is 10.8. The van der Waals surface area contributed by atoms with Gasteiger partial charge in [0.25, 0.3) is 0 Å². The Hall–Kier alpha value is -2.67. The standard InChI is InChI=1S/C17H21N5O2/c1-21-6-8-22(9-7-21)15-10-14(20-19-11-16(18)23)17(24)13-5-3-2-4-12(13)15/h2-5,10,24H,6-9,11H2,1H3,(H2,18,23). The van der Waals surface area contributed by atoms with Gasteiger partial charge in [-0.1, -0.05) is 24.3 Å². The summed E-state index contributed by atoms with van der Waals surface area (Å²) in [5.41, 5.74) is 6.45. The summed E-state index contributed by atoms with van der Waals surface area (Å²) in [5.74, 6) is -0.491. The fraction of sp³-hybridized carbons (Fsp3) is 0.353. The number of azo groups is 1. The number of nitrogens with two attached hydrogens (primary N) is 1. The van der Waals surface area contributed by atoms with Gasteiger partial charge in [0.15, 0.2) is 5.75 Å². The molecule has 2 aromatic rings. The molecule has 0 radical (unpaired) electrons. The van der Waals surface area contributed by atoms with Crippen LogP contribution in [0.5, 0.6) is 5.75 Å². The Morgan fingerprint density at radius 3 is 2.54 bits per heavy atom. The highest BCUT2D eigenvalue weighted by Gasteiger charge is 2.19. The molecule has 126 valence electrons. The zero-order valence-corrected chi connectivity index (χ0v) is 13.6. The van der Waals surface area contributed by atoms with E-state index in [1.54, 1.807) is 0 Å². The summed E-state index contributed by atoms with van der Waals surface area (Å²) < 4.78 is 0. The van der Waals surface area contributed by atoms with Crippen molar-refractivity contribution in [3.05, 3.63) is 30.3 Å². The number of amides is 1. The smallest absolute Gasteiger partial charge is 0.241 e. The van der Waals surface area contributed by atoms with Crippen molar-refractivity contribution in [2.24, 2.45) is 16.0 Å². The van der Waals surface area contributed by atoms with Crippen molar-refractivity contribution < 1.29 is 9.90 Å². The molecule has 0 unspecified atom stereocenters. The number of carbonyl (C=O) groups is 1. The lowest BCUT2D eigenvalue weighted by Gasteiger charge is -2.35. The maximum Gasteiger partial charge on any atom is 0.241 e. The first kappa shape index (κ1) is 16.2. The van der Waals surface area contributed by atoms with Crippen LogP contribution in [0.15, 0.2) is 40.6 Å². The van der Waals surface area contributed by atoms with E-state index in [0.717, 1.165) is 42.6 Å². The van der Waals surface area contributed by atoms with E-state index in [9.17, 15) is 9.90 Å². The van der Waals surface area contributed by atoms with Gasteiger partial charge in [0.05, 0.1) is 0 Å². The Kier molecular flexibility index (Phi) is 4.61. The van der Waals surface area contributed by atoms with Crippen LogP contribution in [0.3, 0.4) is 0 Å². The minimum Gasteiger partial charge on any atom is -0.505 e. The minimum absolute atomic E-state index is 0.0664. The molecule has 2 aromatic carbocycles. The molecule has 0 aliphatic carbocycles. The molecular weight excluding hydrogens is 306 g/mol. The van der Waals surface area contributed by atoms with Gasteiger partial charge in [-0.15, -0.1) is 0 Å². The maximum absolute atomic E-state index is 10.8. The summed E-state index contributed by atoms with van der Waals surface area (Å²) in [6, 6.07) is 9.51. The number of piperazine rings is 1. The summed E-state index contributed by atoms with van der Waals surface area (Å²) in [4.78, 5) is 15.4. The van der Waals surface area contributed by atoms with Crippen LogP contribution in [-0.2, 0) is 4.79 Å². The second-order valence-corrected chi connectivity index (χ2v) is 5.97. The molecule has 3 N–H and O–H groups in total. The number of likely N-dealkylation sites (N-methyl/N-ethyl adjacent to an activating group) is 1. The summed E-state index contributed by atoms with van der Waals surface area (Å²) in [5, 5.41) is 20.0. The number of hydrogen-bond donors (Lipinski definition) is 2. The van der Waals surface area contributed by atoms with Crippen molar-refractivity contribution in [3.63, 3.8) is 0 Å². The Labute approximate surface area is 140 Å². The highest BCUT2D eigenvalue weighted by molar-refractivity contribution is 6.01. The third kappa shape index (κ3) is 3.30. The number of nitrogens with zero attached hydrogens (tertiary/aromatic N) is 4. The van der Waals surface area contributed by atoms with E-state index in [4.69, 9.17) is 5.73 Å². The van der Waals surface area contributed by atoms with E-state index in [1.807, 2.05) is 30.3 Å². The SMILES string of the molecule is CN1CCN(c2cc(N=NCC(N)=O)c(O)c3ccccc23)CC1. The number of rotatable bonds is 4. The van der Waals surface area contributed by atoms with Gasteiger partial charge in [-0.3, -0.25) is 4.79 Å². The minimum atomic E-state index is -0.557. The second-order valence-electron chi connectivity index (χ2n) is 5.97. The van der Waals surface area contributed by atoms with Crippen molar-refractivity contribution in [1.29, 1.82) is 0 Å². The zero-order valence-electron chi connectivity index (χ0n) is 13.6. The first-order valence-corrected chi connectivity index (χ1v) is 7.90. The van der Waals surface area contributed by atoms with Crippen LogP contribution in [0.25, 0.3) is 10.8 Å². The molecule has 0 aromatic heterocycles. The van der Waals surface area contributed by atoms with Gasteiger partial charge in [-0.05, 0) is 13.1 Å². The van der Waals surface area contributed by atoms with Crippen LogP contribution in [0, 0.1) is 0 Å². The summed E-state index contributed by atoms with van der Waals surface area (Å²) in [6.45, 7) is 3.57. The highest BCUT2D eigenvalue weighted by atomic mass is 16.3. The Morgan fingerprint density at radius 2 is 1.88 bits per heavy atom. The molecule has 0 atom stereocenters. The first-order chi connectivity index (χ1) is 11.6. The predicted molar refractivity (Wildman–Crippen MR) is 93.9 cm³/mol. The van der Waals surface area contributed by atoms with Gasteiger partial charge in [0, 0.05) is 42.6 Å². The van der Waals surface area contributed by atoms with Crippen LogP contribution < -0.4 is 10.6 Å². The van der Waals surface area contributed by atoms with Gasteiger partial charge in [-0.25, -0.2) is 0 Å². The zero-order chi connectivity index (χ0) is 17.1. The van der Waals surface area contributed by atoms with Crippen LogP contribution in [0.2, 0.25) is 0 Å². The first-order valence-electron chi connectivity index (χ1n) is 7.90. The van der Waals surface area contributed by atoms with E-state index >= 15 is 0 Å². The number of hydrogen-bond acceptors (Lipinski definition) is 6. The van der Waals surface area contributed by atoms with Crippen LogP contribution in [0.4, 0.5) is 11.4 Å². The van der Waals surface area contributed by atoms with Crippen molar-refractivity contribution in [3.8, 4) is 5.75 Å². The fourth-order valence-electron chi connectivity index (χ4n) is 2.89. The van der Waals surface area contributed by atoms with E-state index < -0.39 is 5.91 Å². The Balaban J connectivity index is 2.05. The third-order valence-electron chi connectivity index (χ3n) is 4.22. The van der Waals surface area contributed by atoms with E-state index in [-0.39, 0.29) is 12.3 Å². The fourth-order valence-corrected chi connectivity index (χ4v) is 2.89. The molecule has 1 aliphatic heterocycles. The third-order valence-corrected chi connectivity index (χ3v) is 4.22. The van der Waals surface area contributed by atoms with E-state index in [1.165, 1.54) is 0 Å². The number of aromatic hydroxyl groups is 1. The van der Waals surface area contributed by atoms with Gasteiger partial charge in [0.1, 0.15) is 12.2 Å². The average Bonchev–Trinajstić information content (AvgIpc) is 2.58. The summed E-state index contributed by atoms with van der Waals surface area (Å²) in [7, 11) is 2.11. The largest absolute Gasteiger partial charge is 0.505 e. The van der Waals surface area contributed by atoms with Crippen molar-refractivity contribution in [2.45, 2.75) is 0 Å². The van der Waals surface area contributed by atoms with Gasteiger partial charge in [0.2, 0.25) is 5.91 Å². The van der Waals surface area contributed by atoms with Crippen molar-refractivity contribution >= 4 is 28.1 Å². The molecule has 24 heavy (non-hydrogen) atoms. The lowest BCUT2D eigenvalue weighted by Crippen LogP contribution is -2.44. The predicted octanol–water partition coefficient (Wildman–Crippen LogP) is 1.87. The van der Waals surface area contributed by atoms with Gasteiger partial charge in [-0.2, -0.15) is 10.2 Å². The molecule has 1 saturated heterocycles. The highest BCUT2D eigenvalue weighted by Crippen LogP contribution is 2.41. The Bertz CT molecular complexity index is 782. The Morgan fingerprint density at radius 1 is 1.21 bits per heavy atom. The number of primary amides is 1. The molecular formula is C17H21N5O2. The number of fused-ring (bicyclic) bond motifs is 1. The molecule has 3 rings (SSSR count). The normalized spacial score (nSPS) is 16.1. The van der Waals surface area contributed by atoms with E-state index in [2.05, 4.69) is 27.1 Å². The van der Waals surface area contributed by atoms with Crippen molar-refractivity contribution in [2.75, 3.05) is 44.7 Å². The lowest BCUT2D eigenvalue weighted by molar-refractivity contribution is -0.116. The number of carbonyl (C=O) groups excluding carboxylic acids is 1. The molecule has 7 nitrogen and oxygen atoms in total. The number of anilines is 1. The molecule has 0 spiro atoms. The monoisotopic (exact) mass is 327 g/mol. The second kappa shape index (κ2) is 6.84. The van der Waals surface area contributed by atoms with Crippen LogP contribution >= 0.6 is 0 Å².